The Morgan fingerprint density at radius 2 is 1.91 bits per heavy atom. The second kappa shape index (κ2) is 9.43. The molecule has 0 saturated heterocycles. The van der Waals surface area contributed by atoms with Gasteiger partial charge in [0.2, 0.25) is 5.91 Å². The van der Waals surface area contributed by atoms with Crippen molar-refractivity contribution in [3.05, 3.63) is 35.9 Å². The number of hydrogen-bond acceptors (Lipinski definition) is 3. The number of rotatable bonds is 8. The molecule has 1 unspecified atom stereocenters. The lowest BCUT2D eigenvalue weighted by atomic mass is 10.1. The van der Waals surface area contributed by atoms with Crippen LogP contribution < -0.4 is 16.4 Å². The number of nitrogens with two attached hydrogens (primary N) is 1. The minimum atomic E-state index is -0.103. The third-order valence-corrected chi connectivity index (χ3v) is 3.69. The number of benzene rings is 1. The van der Waals surface area contributed by atoms with E-state index in [1.165, 1.54) is 0 Å². The van der Waals surface area contributed by atoms with E-state index in [4.69, 9.17) is 5.73 Å². The molecule has 5 nitrogen and oxygen atoms in total. The first kappa shape index (κ1) is 18.5. The molecule has 4 N–H and O–H groups in total. The molecule has 1 aromatic rings. The Labute approximate surface area is 137 Å². The molecule has 0 bridgehead atoms. The van der Waals surface area contributed by atoms with Crippen molar-refractivity contribution >= 4 is 24.2 Å². The smallest absolute Gasteiger partial charge is 0.251 e. The summed E-state index contributed by atoms with van der Waals surface area (Å²) in [5.74, 6) is 0.483. The third kappa shape index (κ3) is 6.03. The van der Waals surface area contributed by atoms with Gasteiger partial charge in [-0.05, 0) is 37.3 Å². The molecule has 1 atom stereocenters. The summed E-state index contributed by atoms with van der Waals surface area (Å²) in [7, 11) is 0. The molecule has 6 heteroatoms. The summed E-state index contributed by atoms with van der Waals surface area (Å²) in [5.41, 5.74) is 6.29. The summed E-state index contributed by atoms with van der Waals surface area (Å²) in [6, 6.07) is 9.18. The molecule has 2 rings (SSSR count). The van der Waals surface area contributed by atoms with Gasteiger partial charge in [0.25, 0.3) is 5.91 Å². The topological polar surface area (TPSA) is 84.2 Å². The number of nitrogens with one attached hydrogen (secondary N) is 2. The summed E-state index contributed by atoms with van der Waals surface area (Å²) in [6.07, 6.45) is 3.37. The van der Waals surface area contributed by atoms with Crippen molar-refractivity contribution in [3.63, 3.8) is 0 Å². The van der Waals surface area contributed by atoms with Gasteiger partial charge < -0.3 is 16.4 Å². The van der Waals surface area contributed by atoms with E-state index in [1.54, 1.807) is 12.1 Å². The normalized spacial score (nSPS) is 14.6. The van der Waals surface area contributed by atoms with Crippen molar-refractivity contribution < 1.29 is 9.59 Å². The first-order valence-corrected chi connectivity index (χ1v) is 7.53. The fraction of sp³-hybridized carbons (Fsp3) is 0.500. The van der Waals surface area contributed by atoms with E-state index >= 15 is 0 Å². The van der Waals surface area contributed by atoms with E-state index in [-0.39, 0.29) is 30.3 Å². The van der Waals surface area contributed by atoms with Gasteiger partial charge in [-0.15, -0.1) is 12.4 Å². The molecule has 0 aromatic heterocycles. The number of amides is 2. The summed E-state index contributed by atoms with van der Waals surface area (Å²) >= 11 is 0. The predicted molar refractivity (Wildman–Crippen MR) is 89.0 cm³/mol. The molecule has 1 fully saturated rings. The molecule has 0 aliphatic heterocycles. The molecule has 1 saturated carbocycles. The van der Waals surface area contributed by atoms with Crippen LogP contribution in [0.3, 0.4) is 0 Å². The number of carbonyl (C=O) groups excluding carboxylic acids is 2. The fourth-order valence-corrected chi connectivity index (χ4v) is 2.29. The summed E-state index contributed by atoms with van der Waals surface area (Å²) in [5, 5.41) is 5.78. The van der Waals surface area contributed by atoms with Crippen LogP contribution in [-0.4, -0.2) is 30.9 Å². The standard InChI is InChI=1S/C16H23N3O2.ClH/c17-11-14(12-8-9-12)19-15(20)7-4-10-18-16(21)13-5-2-1-3-6-13;/h1-3,5-6,12,14H,4,7-11,17H2,(H,18,21)(H,19,20);1H. The maximum Gasteiger partial charge on any atom is 0.251 e. The van der Waals surface area contributed by atoms with Crippen LogP contribution in [0.4, 0.5) is 0 Å². The SMILES string of the molecule is Cl.NCC(NC(=O)CCCNC(=O)c1ccccc1)C1CC1. The lowest BCUT2D eigenvalue weighted by Gasteiger charge is -2.15. The molecule has 1 aliphatic rings. The predicted octanol–water partition coefficient (Wildman–Crippen LogP) is 1.47. The van der Waals surface area contributed by atoms with E-state index < -0.39 is 0 Å². The monoisotopic (exact) mass is 325 g/mol. The molecule has 22 heavy (non-hydrogen) atoms. The molecule has 0 spiro atoms. The van der Waals surface area contributed by atoms with Crippen molar-refractivity contribution in [2.45, 2.75) is 31.7 Å². The number of halogens is 1. The Morgan fingerprint density at radius 3 is 2.50 bits per heavy atom. The Hall–Kier alpha value is -1.59. The summed E-state index contributed by atoms with van der Waals surface area (Å²) < 4.78 is 0. The quantitative estimate of drug-likeness (QED) is 0.633. The van der Waals surface area contributed by atoms with E-state index in [2.05, 4.69) is 10.6 Å². The zero-order valence-electron chi connectivity index (χ0n) is 12.6. The first-order chi connectivity index (χ1) is 10.2. The van der Waals surface area contributed by atoms with E-state index in [0.29, 0.717) is 37.4 Å². The first-order valence-electron chi connectivity index (χ1n) is 7.53. The summed E-state index contributed by atoms with van der Waals surface area (Å²) in [6.45, 7) is 0.999. The van der Waals surface area contributed by atoms with Crippen LogP contribution in [0.2, 0.25) is 0 Å². The largest absolute Gasteiger partial charge is 0.352 e. The zero-order valence-corrected chi connectivity index (χ0v) is 13.4. The van der Waals surface area contributed by atoms with Crippen LogP contribution in [0.15, 0.2) is 30.3 Å². The molecule has 1 aliphatic carbocycles. The minimum Gasteiger partial charge on any atom is -0.352 e. The van der Waals surface area contributed by atoms with Crippen molar-refractivity contribution in [1.29, 1.82) is 0 Å². The molecule has 2 amide bonds. The van der Waals surface area contributed by atoms with E-state index in [9.17, 15) is 9.59 Å². The van der Waals surface area contributed by atoms with Gasteiger partial charge >= 0.3 is 0 Å². The zero-order chi connectivity index (χ0) is 15.1. The van der Waals surface area contributed by atoms with Gasteiger partial charge in [-0.25, -0.2) is 0 Å². The van der Waals surface area contributed by atoms with Crippen molar-refractivity contribution in [3.8, 4) is 0 Å². The Morgan fingerprint density at radius 1 is 1.23 bits per heavy atom. The molecule has 122 valence electrons. The van der Waals surface area contributed by atoms with Gasteiger partial charge in [-0.3, -0.25) is 9.59 Å². The van der Waals surface area contributed by atoms with Crippen LogP contribution in [0.5, 0.6) is 0 Å². The maximum atomic E-state index is 11.8. The van der Waals surface area contributed by atoms with Crippen LogP contribution in [0, 0.1) is 5.92 Å². The van der Waals surface area contributed by atoms with Gasteiger partial charge in [-0.2, -0.15) is 0 Å². The van der Waals surface area contributed by atoms with Crippen LogP contribution in [0.1, 0.15) is 36.0 Å². The minimum absolute atomic E-state index is 0. The van der Waals surface area contributed by atoms with Gasteiger partial charge in [0.15, 0.2) is 0 Å². The molecular formula is C16H24ClN3O2. The second-order valence-corrected chi connectivity index (χ2v) is 5.47. The second-order valence-electron chi connectivity index (χ2n) is 5.47. The highest BCUT2D eigenvalue weighted by Crippen LogP contribution is 2.32. The molecule has 1 aromatic carbocycles. The van der Waals surface area contributed by atoms with E-state index in [0.717, 1.165) is 12.8 Å². The van der Waals surface area contributed by atoms with Gasteiger partial charge in [-0.1, -0.05) is 18.2 Å². The highest BCUT2D eigenvalue weighted by atomic mass is 35.5. The number of carbonyl (C=O) groups is 2. The third-order valence-electron chi connectivity index (χ3n) is 3.69. The van der Waals surface area contributed by atoms with Crippen LogP contribution in [-0.2, 0) is 4.79 Å². The summed E-state index contributed by atoms with van der Waals surface area (Å²) in [4.78, 5) is 23.6. The number of hydrogen-bond donors (Lipinski definition) is 3. The molecule has 0 heterocycles. The van der Waals surface area contributed by atoms with Crippen molar-refractivity contribution in [2.24, 2.45) is 11.7 Å². The van der Waals surface area contributed by atoms with E-state index in [1.807, 2.05) is 18.2 Å². The van der Waals surface area contributed by atoms with Crippen LogP contribution >= 0.6 is 12.4 Å². The lowest BCUT2D eigenvalue weighted by Crippen LogP contribution is -2.41. The average Bonchev–Trinajstić information content (AvgIpc) is 3.34. The molecular weight excluding hydrogens is 302 g/mol. The highest BCUT2D eigenvalue weighted by Gasteiger charge is 2.30. The van der Waals surface area contributed by atoms with Gasteiger partial charge in [0.05, 0.1) is 0 Å². The van der Waals surface area contributed by atoms with Gasteiger partial charge in [0.1, 0.15) is 0 Å². The fourth-order valence-electron chi connectivity index (χ4n) is 2.29. The van der Waals surface area contributed by atoms with Crippen LogP contribution in [0.25, 0.3) is 0 Å². The highest BCUT2D eigenvalue weighted by molar-refractivity contribution is 5.94. The van der Waals surface area contributed by atoms with Gasteiger partial charge in [0, 0.05) is 31.1 Å². The maximum absolute atomic E-state index is 11.8. The van der Waals surface area contributed by atoms with Crippen molar-refractivity contribution in [1.82, 2.24) is 10.6 Å². The average molecular weight is 326 g/mol. The van der Waals surface area contributed by atoms with Crippen molar-refractivity contribution in [2.75, 3.05) is 13.1 Å². The lowest BCUT2D eigenvalue weighted by molar-refractivity contribution is -0.122. The Kier molecular flexibility index (Phi) is 7.91. The molecule has 0 radical (unpaired) electrons. The Bertz CT molecular complexity index is 478. The Balaban J connectivity index is 0.00000242.